The van der Waals surface area contributed by atoms with E-state index in [0.717, 1.165) is 22.3 Å². The minimum absolute atomic E-state index is 0.328. The van der Waals surface area contributed by atoms with E-state index in [4.69, 9.17) is 26.4 Å². The van der Waals surface area contributed by atoms with Crippen LogP contribution in [0.25, 0.3) is 12.2 Å². The molecule has 7 heteroatoms. The molecule has 0 unspecified atom stereocenters. The first kappa shape index (κ1) is 21.2. The third-order valence-corrected chi connectivity index (χ3v) is 4.89. The molecule has 0 aliphatic heterocycles. The average Bonchev–Trinajstić information content (AvgIpc) is 2.94. The van der Waals surface area contributed by atoms with E-state index in [9.17, 15) is 4.79 Å². The van der Waals surface area contributed by atoms with Crippen LogP contribution in [0.3, 0.4) is 0 Å². The number of nitrogens with one attached hydrogen (secondary N) is 1. The summed E-state index contributed by atoms with van der Waals surface area (Å²) in [5.74, 6) is 1.57. The smallest absolute Gasteiger partial charge is 0.332 e. The van der Waals surface area contributed by atoms with Crippen LogP contribution in [0.5, 0.6) is 11.5 Å². The molecule has 0 aliphatic rings. The maximum atomic E-state index is 11.7. The Morgan fingerprint density at radius 3 is 2.78 bits per heavy atom. The molecule has 2 rings (SSSR count). The van der Waals surface area contributed by atoms with Crippen LogP contribution >= 0.6 is 23.6 Å². The lowest BCUT2D eigenvalue weighted by Crippen LogP contribution is -2.23. The van der Waals surface area contributed by atoms with Gasteiger partial charge in [-0.3, -0.25) is 0 Å². The van der Waals surface area contributed by atoms with Crippen molar-refractivity contribution in [3.8, 4) is 11.5 Å². The summed E-state index contributed by atoms with van der Waals surface area (Å²) in [6.45, 7) is 7.07. The topological polar surface area (TPSA) is 60.6 Å². The van der Waals surface area contributed by atoms with Crippen LogP contribution in [-0.4, -0.2) is 31.3 Å². The highest BCUT2D eigenvalue weighted by Gasteiger charge is 2.06. The Morgan fingerprint density at radius 1 is 1.33 bits per heavy atom. The van der Waals surface area contributed by atoms with Crippen molar-refractivity contribution in [3.63, 3.8) is 0 Å². The number of carbonyl (C=O) groups excluding carboxylic acids is 1. The Hall–Kier alpha value is -2.12. The fraction of sp³-hybridized carbons (Fsp3) is 0.400. The van der Waals surface area contributed by atoms with Crippen LogP contribution < -0.4 is 19.4 Å². The third-order valence-electron chi connectivity index (χ3n) is 3.69. The van der Waals surface area contributed by atoms with Crippen molar-refractivity contribution < 1.29 is 19.0 Å². The molecule has 0 fully saturated rings. The number of H-pyrrole nitrogens is 1. The van der Waals surface area contributed by atoms with Crippen LogP contribution in [0, 0.1) is 9.87 Å². The van der Waals surface area contributed by atoms with Gasteiger partial charge in [-0.15, -0.1) is 11.3 Å². The van der Waals surface area contributed by atoms with Gasteiger partial charge in [0.15, 0.2) is 15.5 Å². The number of rotatable bonds is 8. The average molecular weight is 408 g/mol. The van der Waals surface area contributed by atoms with Gasteiger partial charge in [0.2, 0.25) is 0 Å². The lowest BCUT2D eigenvalue weighted by atomic mass is 10.1. The Balaban J connectivity index is 2.34. The van der Waals surface area contributed by atoms with Gasteiger partial charge in [-0.25, -0.2) is 4.79 Å². The zero-order chi connectivity index (χ0) is 19.8. The maximum Gasteiger partial charge on any atom is 0.332 e. The van der Waals surface area contributed by atoms with Crippen LogP contribution in [0.4, 0.5) is 0 Å². The van der Waals surface area contributed by atoms with Crippen molar-refractivity contribution in [3.05, 3.63) is 37.6 Å². The summed E-state index contributed by atoms with van der Waals surface area (Å²) in [5, 5.41) is 0.639. The molecular weight excluding hydrogens is 382 g/mol. The van der Waals surface area contributed by atoms with E-state index in [2.05, 4.69) is 18.8 Å². The quantitative estimate of drug-likeness (QED) is 0.537. The summed E-state index contributed by atoms with van der Waals surface area (Å²) in [6.07, 6.45) is 4.35. The number of hydrogen-bond acceptors (Lipinski definition) is 6. The molecule has 1 aromatic carbocycles. The van der Waals surface area contributed by atoms with Crippen molar-refractivity contribution in [1.29, 1.82) is 0 Å². The molecule has 0 amide bonds. The molecule has 0 atom stereocenters. The van der Waals surface area contributed by atoms with Crippen molar-refractivity contribution in [2.75, 3.05) is 20.3 Å². The Kier molecular flexibility index (Phi) is 8.06. The summed E-state index contributed by atoms with van der Waals surface area (Å²) in [5.41, 5.74) is 0.923. The second kappa shape index (κ2) is 10.3. The zero-order valence-electron chi connectivity index (χ0n) is 16.0. The van der Waals surface area contributed by atoms with Gasteiger partial charge in [0.25, 0.3) is 0 Å². The van der Waals surface area contributed by atoms with Crippen LogP contribution in [0.1, 0.15) is 32.8 Å². The number of esters is 1. The van der Waals surface area contributed by atoms with Crippen molar-refractivity contribution in [2.24, 2.45) is 5.92 Å². The first-order valence-corrected chi connectivity index (χ1v) is 10.1. The lowest BCUT2D eigenvalue weighted by Gasteiger charge is -2.12. The minimum Gasteiger partial charge on any atom is -0.493 e. The fourth-order valence-corrected chi connectivity index (χ4v) is 3.47. The fourth-order valence-electron chi connectivity index (χ4n) is 2.32. The summed E-state index contributed by atoms with van der Waals surface area (Å²) >= 11 is 6.62. The number of hydrogen-bond donors (Lipinski definition) is 1. The second-order valence-electron chi connectivity index (χ2n) is 6.27. The normalized spacial score (nSPS) is 12.5. The second-order valence-corrected chi connectivity index (χ2v) is 7.99. The molecule has 0 saturated carbocycles. The number of thiazole rings is 1. The van der Waals surface area contributed by atoms with E-state index >= 15 is 0 Å². The highest BCUT2D eigenvalue weighted by atomic mass is 32.1. The van der Waals surface area contributed by atoms with E-state index in [1.54, 1.807) is 14.0 Å². The summed E-state index contributed by atoms with van der Waals surface area (Å²) in [4.78, 5) is 14.8. The number of ether oxygens (including phenoxy) is 3. The molecule has 1 aromatic heterocycles. The SMILES string of the molecule is CCOC(=O)/C=c1\[nH]c(=S)s\c1=C/c1ccc(OCCC(C)C)c(OC)c1. The van der Waals surface area contributed by atoms with Gasteiger partial charge in [-0.2, -0.15) is 0 Å². The number of aromatic nitrogens is 1. The molecular formula is C20H25NO4S2. The number of benzene rings is 1. The highest BCUT2D eigenvalue weighted by Crippen LogP contribution is 2.28. The lowest BCUT2D eigenvalue weighted by molar-refractivity contribution is -0.135. The summed E-state index contributed by atoms with van der Waals surface area (Å²) < 4.78 is 17.7. The summed E-state index contributed by atoms with van der Waals surface area (Å²) in [7, 11) is 1.62. The largest absolute Gasteiger partial charge is 0.493 e. The predicted molar refractivity (Wildman–Crippen MR) is 111 cm³/mol. The van der Waals surface area contributed by atoms with Gasteiger partial charge in [0.1, 0.15) is 0 Å². The zero-order valence-corrected chi connectivity index (χ0v) is 17.7. The molecule has 0 aliphatic carbocycles. The van der Waals surface area contributed by atoms with E-state index in [-0.39, 0.29) is 0 Å². The molecule has 146 valence electrons. The molecule has 1 N–H and O–H groups in total. The maximum absolute atomic E-state index is 11.7. The van der Waals surface area contributed by atoms with Gasteiger partial charge in [-0.1, -0.05) is 19.9 Å². The van der Waals surface area contributed by atoms with E-state index < -0.39 is 5.97 Å². The van der Waals surface area contributed by atoms with E-state index in [1.165, 1.54) is 17.4 Å². The Labute approximate surface area is 168 Å². The molecule has 0 spiro atoms. The Bertz CT molecular complexity index is 944. The van der Waals surface area contributed by atoms with Crippen molar-refractivity contribution >= 4 is 41.7 Å². The molecule has 0 radical (unpaired) electrons. The molecule has 5 nitrogen and oxygen atoms in total. The van der Waals surface area contributed by atoms with Crippen molar-refractivity contribution in [1.82, 2.24) is 4.98 Å². The van der Waals surface area contributed by atoms with E-state index in [1.807, 2.05) is 24.3 Å². The van der Waals surface area contributed by atoms with Crippen molar-refractivity contribution in [2.45, 2.75) is 27.2 Å². The highest BCUT2D eigenvalue weighted by molar-refractivity contribution is 7.73. The molecule has 1 heterocycles. The van der Waals surface area contributed by atoms with Crippen LogP contribution in [0.2, 0.25) is 0 Å². The Morgan fingerprint density at radius 2 is 2.11 bits per heavy atom. The minimum atomic E-state index is -0.400. The standard InChI is InChI=1S/C20H25NO4S2/c1-5-24-19(22)12-15-18(27-20(26)21-15)11-14-6-7-16(17(10-14)23-4)25-9-8-13(2)3/h6-7,10-13H,5,8-9H2,1-4H3,(H,21,26)/b15-12-,18-11-. The summed E-state index contributed by atoms with van der Waals surface area (Å²) in [6, 6.07) is 5.75. The first-order chi connectivity index (χ1) is 12.9. The number of carbonyl (C=O) groups is 1. The van der Waals surface area contributed by atoms with Gasteiger partial charge in [-0.05, 0) is 55.3 Å². The third kappa shape index (κ3) is 6.52. The molecule has 2 aromatic rings. The number of methoxy groups -OCH3 is 1. The monoisotopic (exact) mass is 407 g/mol. The number of aromatic amines is 1. The van der Waals surface area contributed by atoms with Gasteiger partial charge >= 0.3 is 5.97 Å². The van der Waals surface area contributed by atoms with Gasteiger partial charge in [0.05, 0.1) is 30.2 Å². The van der Waals surface area contributed by atoms with Gasteiger partial charge < -0.3 is 19.2 Å². The predicted octanol–water partition coefficient (Wildman–Crippen LogP) is 3.41. The molecule has 0 bridgehead atoms. The van der Waals surface area contributed by atoms with Crippen LogP contribution in [0.15, 0.2) is 18.2 Å². The van der Waals surface area contributed by atoms with E-state index in [0.29, 0.717) is 34.2 Å². The molecule has 27 heavy (non-hydrogen) atoms. The van der Waals surface area contributed by atoms with Crippen LogP contribution in [-0.2, 0) is 9.53 Å². The first-order valence-electron chi connectivity index (χ1n) is 8.83. The van der Waals surface area contributed by atoms with Gasteiger partial charge in [0, 0.05) is 6.08 Å². The molecule has 0 saturated heterocycles.